The molecule has 151 valence electrons. The third-order valence-corrected chi connectivity index (χ3v) is 7.12. The van der Waals surface area contributed by atoms with Crippen LogP contribution in [0.15, 0.2) is 103 Å². The molecular formula is C28H18BO2S. The molecule has 0 fully saturated rings. The molecule has 0 bridgehead atoms. The molecule has 5 aromatic carbocycles. The van der Waals surface area contributed by atoms with E-state index in [9.17, 15) is 0 Å². The first-order valence-electron chi connectivity index (χ1n) is 10.5. The molecular weight excluding hydrogens is 411 g/mol. The van der Waals surface area contributed by atoms with Gasteiger partial charge in [-0.2, -0.15) is 0 Å². The Kier molecular flexibility index (Phi) is 4.68. The maximum Gasteiger partial charge on any atom is 0.569 e. The van der Waals surface area contributed by atoms with Crippen molar-refractivity contribution in [1.29, 1.82) is 0 Å². The molecule has 0 saturated carbocycles. The largest absolute Gasteiger partial charge is 0.569 e. The van der Waals surface area contributed by atoms with Crippen molar-refractivity contribution >= 4 is 50.0 Å². The van der Waals surface area contributed by atoms with Crippen molar-refractivity contribution in [3.05, 3.63) is 103 Å². The first-order valence-corrected chi connectivity index (χ1v) is 11.3. The molecule has 4 heteroatoms. The second-order valence-corrected chi connectivity index (χ2v) is 8.86. The average Bonchev–Trinajstić information content (AvgIpc) is 3.23. The second-order valence-electron chi connectivity index (χ2n) is 7.81. The fourth-order valence-electron chi connectivity index (χ4n) is 4.34. The van der Waals surface area contributed by atoms with Crippen LogP contribution in [0, 0.1) is 0 Å². The lowest BCUT2D eigenvalue weighted by Crippen LogP contribution is -1.99. The summed E-state index contributed by atoms with van der Waals surface area (Å²) in [6.07, 6.45) is 0. The van der Waals surface area contributed by atoms with Crippen LogP contribution in [-0.4, -0.2) is 12.7 Å². The summed E-state index contributed by atoms with van der Waals surface area (Å²) >= 11 is 1.68. The van der Waals surface area contributed by atoms with Crippen LogP contribution in [0.5, 0.6) is 5.75 Å². The van der Waals surface area contributed by atoms with E-state index in [1.165, 1.54) is 43.1 Å². The average molecular weight is 429 g/mol. The Morgan fingerprint density at radius 2 is 1.31 bits per heavy atom. The van der Waals surface area contributed by atoms with Gasteiger partial charge in [0.15, 0.2) is 0 Å². The van der Waals surface area contributed by atoms with Gasteiger partial charge in [0.1, 0.15) is 5.75 Å². The van der Waals surface area contributed by atoms with E-state index in [0.717, 1.165) is 17.8 Å². The Morgan fingerprint density at radius 3 is 2.09 bits per heavy atom. The molecule has 1 heterocycles. The molecule has 1 N–H and O–H groups in total. The summed E-state index contributed by atoms with van der Waals surface area (Å²) in [6, 6.07) is 36.3. The van der Waals surface area contributed by atoms with E-state index < -0.39 is 0 Å². The quantitative estimate of drug-likeness (QED) is 0.295. The van der Waals surface area contributed by atoms with E-state index in [2.05, 4.69) is 84.9 Å². The lowest BCUT2D eigenvalue weighted by molar-refractivity contribution is 0.457. The third kappa shape index (κ3) is 3.25. The first-order chi connectivity index (χ1) is 15.8. The number of rotatable bonds is 4. The smallest absolute Gasteiger partial charge is 0.536 e. The lowest BCUT2D eigenvalue weighted by Gasteiger charge is -2.08. The predicted octanol–water partition coefficient (Wildman–Crippen LogP) is 7.45. The standard InChI is InChI=1S/C28H18BO2S/c30-29-31-26-8-4-7-24-25-17-22(13-14-27(25)32-28(24)26)21-12-10-19-9-11-20(15-23(19)16-21)18-5-2-1-3-6-18/h1-17,30H. The molecule has 0 unspecified atom stereocenters. The predicted molar refractivity (Wildman–Crippen MR) is 136 cm³/mol. The number of benzene rings is 5. The van der Waals surface area contributed by atoms with Crippen LogP contribution in [0.3, 0.4) is 0 Å². The van der Waals surface area contributed by atoms with Gasteiger partial charge in [-0.25, -0.2) is 0 Å². The van der Waals surface area contributed by atoms with Gasteiger partial charge in [-0.3, -0.25) is 0 Å². The Labute approximate surface area is 190 Å². The summed E-state index contributed by atoms with van der Waals surface area (Å²) in [7, 11) is 0.739. The summed E-state index contributed by atoms with van der Waals surface area (Å²) in [5, 5.41) is 13.9. The van der Waals surface area contributed by atoms with Gasteiger partial charge in [-0.05, 0) is 63.4 Å². The van der Waals surface area contributed by atoms with Crippen LogP contribution in [0.1, 0.15) is 0 Å². The van der Waals surface area contributed by atoms with Gasteiger partial charge in [0.05, 0.1) is 4.70 Å². The van der Waals surface area contributed by atoms with Crippen molar-refractivity contribution in [2.45, 2.75) is 0 Å². The lowest BCUT2D eigenvalue weighted by atomic mass is 9.97. The van der Waals surface area contributed by atoms with Gasteiger partial charge in [0, 0.05) is 15.5 Å². The van der Waals surface area contributed by atoms with Crippen molar-refractivity contribution in [2.24, 2.45) is 0 Å². The Bertz CT molecular complexity index is 1590. The minimum atomic E-state index is 0.673. The zero-order chi connectivity index (χ0) is 21.5. The Balaban J connectivity index is 1.48. The molecule has 0 saturated heterocycles. The fraction of sp³-hybridized carbons (Fsp3) is 0. The monoisotopic (exact) mass is 429 g/mol. The van der Waals surface area contributed by atoms with Crippen molar-refractivity contribution < 1.29 is 9.68 Å². The van der Waals surface area contributed by atoms with Crippen LogP contribution >= 0.6 is 11.3 Å². The van der Waals surface area contributed by atoms with Gasteiger partial charge in [-0.1, -0.05) is 72.8 Å². The van der Waals surface area contributed by atoms with Crippen molar-refractivity contribution in [1.82, 2.24) is 0 Å². The van der Waals surface area contributed by atoms with E-state index in [1.807, 2.05) is 18.2 Å². The minimum Gasteiger partial charge on any atom is -0.536 e. The molecule has 0 amide bonds. The van der Waals surface area contributed by atoms with Gasteiger partial charge in [0.2, 0.25) is 0 Å². The summed E-state index contributed by atoms with van der Waals surface area (Å²) in [6.45, 7) is 0. The van der Waals surface area contributed by atoms with E-state index in [0.29, 0.717) is 5.75 Å². The molecule has 32 heavy (non-hydrogen) atoms. The van der Waals surface area contributed by atoms with E-state index in [4.69, 9.17) is 9.68 Å². The van der Waals surface area contributed by atoms with E-state index >= 15 is 0 Å². The molecule has 1 radical (unpaired) electrons. The molecule has 0 spiro atoms. The number of hydrogen-bond donors (Lipinski definition) is 1. The molecule has 0 aliphatic carbocycles. The van der Waals surface area contributed by atoms with Crippen molar-refractivity contribution in [2.75, 3.05) is 0 Å². The topological polar surface area (TPSA) is 29.5 Å². The fourth-order valence-corrected chi connectivity index (χ4v) is 5.48. The summed E-state index contributed by atoms with van der Waals surface area (Å²) in [5.74, 6) is 0.673. The molecule has 0 aliphatic rings. The highest BCUT2D eigenvalue weighted by molar-refractivity contribution is 7.26. The number of thiophene rings is 1. The highest BCUT2D eigenvalue weighted by atomic mass is 32.1. The SMILES string of the molecule is O[B]Oc1cccc2c1sc1ccc(-c3ccc4ccc(-c5ccccc5)cc4c3)cc12. The first kappa shape index (κ1) is 19.1. The molecule has 1 aromatic heterocycles. The van der Waals surface area contributed by atoms with Gasteiger partial charge >= 0.3 is 7.69 Å². The van der Waals surface area contributed by atoms with Gasteiger partial charge in [-0.15, -0.1) is 11.3 Å². The van der Waals surface area contributed by atoms with Crippen LogP contribution in [0.2, 0.25) is 0 Å². The molecule has 6 aromatic rings. The number of fused-ring (bicyclic) bond motifs is 4. The maximum absolute atomic E-state index is 9.08. The van der Waals surface area contributed by atoms with Gasteiger partial charge < -0.3 is 9.68 Å². The van der Waals surface area contributed by atoms with Crippen molar-refractivity contribution in [3.63, 3.8) is 0 Å². The Hall–Kier alpha value is -3.60. The normalized spacial score (nSPS) is 11.3. The van der Waals surface area contributed by atoms with Gasteiger partial charge in [0.25, 0.3) is 0 Å². The highest BCUT2D eigenvalue weighted by Gasteiger charge is 2.11. The van der Waals surface area contributed by atoms with Crippen LogP contribution < -0.4 is 4.65 Å². The molecule has 6 rings (SSSR count). The van der Waals surface area contributed by atoms with E-state index in [-0.39, 0.29) is 0 Å². The second kappa shape index (κ2) is 7.83. The van der Waals surface area contributed by atoms with Crippen molar-refractivity contribution in [3.8, 4) is 28.0 Å². The molecule has 2 nitrogen and oxygen atoms in total. The number of hydrogen-bond acceptors (Lipinski definition) is 3. The van der Waals surface area contributed by atoms with E-state index in [1.54, 1.807) is 11.3 Å². The summed E-state index contributed by atoms with van der Waals surface area (Å²) in [5.41, 5.74) is 4.83. The van der Waals surface area contributed by atoms with Crippen LogP contribution in [0.4, 0.5) is 0 Å². The third-order valence-electron chi connectivity index (χ3n) is 5.92. The van der Waals surface area contributed by atoms with Crippen LogP contribution in [0.25, 0.3) is 53.2 Å². The summed E-state index contributed by atoms with van der Waals surface area (Å²) in [4.78, 5) is 0. The highest BCUT2D eigenvalue weighted by Crippen LogP contribution is 2.41. The van der Waals surface area contributed by atoms with Crippen LogP contribution in [-0.2, 0) is 0 Å². The molecule has 0 aliphatic heterocycles. The minimum absolute atomic E-state index is 0.673. The zero-order valence-electron chi connectivity index (χ0n) is 17.2. The zero-order valence-corrected chi connectivity index (χ0v) is 18.0. The molecule has 0 atom stereocenters. The Morgan fingerprint density at radius 1 is 0.594 bits per heavy atom. The summed E-state index contributed by atoms with van der Waals surface area (Å²) < 4.78 is 7.54. The maximum atomic E-state index is 9.08.